The summed E-state index contributed by atoms with van der Waals surface area (Å²) < 4.78 is 1.21. The third-order valence-corrected chi connectivity index (χ3v) is 3.14. The largest absolute Gasteiger partial charge is 0.327 e. The fourth-order valence-corrected chi connectivity index (χ4v) is 2.34. The van der Waals surface area contributed by atoms with Crippen LogP contribution in [0.5, 0.6) is 0 Å². The van der Waals surface area contributed by atoms with Gasteiger partial charge in [0.15, 0.2) is 0 Å². The third-order valence-electron chi connectivity index (χ3n) is 3.14. The number of likely N-dealkylation sites (tertiary alicyclic amines) is 1. The van der Waals surface area contributed by atoms with Crippen LogP contribution in [0.1, 0.15) is 20.3 Å². The average Bonchev–Trinajstić information content (AvgIpc) is 2.76. The van der Waals surface area contributed by atoms with E-state index < -0.39 is 0 Å². The Balaban J connectivity index is 0.000000461. The van der Waals surface area contributed by atoms with Gasteiger partial charge in [0.05, 0.1) is 33.2 Å². The molecule has 1 saturated heterocycles. The Kier molecular flexibility index (Phi) is 4.14. The second-order valence-electron chi connectivity index (χ2n) is 4.71. The second kappa shape index (κ2) is 4.94. The maximum atomic E-state index is 2.59. The van der Waals surface area contributed by atoms with Crippen molar-refractivity contribution in [2.75, 3.05) is 40.3 Å². The Bertz CT molecular complexity index is 188. The van der Waals surface area contributed by atoms with Gasteiger partial charge >= 0.3 is 0 Å². The van der Waals surface area contributed by atoms with Gasteiger partial charge in [-0.05, 0) is 0 Å². The van der Waals surface area contributed by atoms with Crippen molar-refractivity contribution >= 4 is 0 Å². The van der Waals surface area contributed by atoms with Crippen molar-refractivity contribution in [2.24, 2.45) is 0 Å². The minimum absolute atomic E-state index is 0.843. The maximum Gasteiger partial charge on any atom is 0.0943 e. The highest BCUT2D eigenvalue weighted by Crippen LogP contribution is 2.20. The number of rotatable bonds is 1. The first-order chi connectivity index (χ1) is 6.67. The third kappa shape index (κ3) is 2.82. The smallest absolute Gasteiger partial charge is 0.0943 e. The quantitative estimate of drug-likeness (QED) is 0.457. The Morgan fingerprint density at radius 1 is 1.14 bits per heavy atom. The molecule has 0 N–H and O–H groups in total. The lowest BCUT2D eigenvalue weighted by atomic mass is 10.2. The summed E-state index contributed by atoms with van der Waals surface area (Å²) >= 11 is 0. The SMILES string of the molecule is CC.C[N+]1(C)CCC(N2CC=CC2)C1. The fourth-order valence-electron chi connectivity index (χ4n) is 2.34. The van der Waals surface area contributed by atoms with Crippen LogP contribution >= 0.6 is 0 Å². The molecule has 0 aromatic carbocycles. The van der Waals surface area contributed by atoms with Crippen LogP contribution in [0.25, 0.3) is 0 Å². The number of nitrogens with zero attached hydrogens (tertiary/aromatic N) is 2. The van der Waals surface area contributed by atoms with Crippen LogP contribution in [0.4, 0.5) is 0 Å². The van der Waals surface area contributed by atoms with E-state index in [1.54, 1.807) is 0 Å². The molecule has 2 heterocycles. The van der Waals surface area contributed by atoms with Gasteiger partial charge < -0.3 is 4.48 Å². The van der Waals surface area contributed by atoms with Crippen LogP contribution < -0.4 is 0 Å². The van der Waals surface area contributed by atoms with Gasteiger partial charge in [-0.1, -0.05) is 26.0 Å². The first-order valence-electron chi connectivity index (χ1n) is 5.88. The second-order valence-corrected chi connectivity index (χ2v) is 4.71. The van der Waals surface area contributed by atoms with E-state index in [0.717, 1.165) is 6.04 Å². The van der Waals surface area contributed by atoms with Crippen molar-refractivity contribution in [2.45, 2.75) is 26.3 Å². The zero-order chi connectivity index (χ0) is 10.6. The molecular formula is C12H25N2+. The predicted molar refractivity (Wildman–Crippen MR) is 62.3 cm³/mol. The van der Waals surface area contributed by atoms with Crippen LogP contribution in [0, 0.1) is 0 Å². The van der Waals surface area contributed by atoms with Crippen LogP contribution in [-0.2, 0) is 0 Å². The number of hydrogen-bond donors (Lipinski definition) is 0. The summed E-state index contributed by atoms with van der Waals surface area (Å²) in [6.45, 7) is 9.05. The highest BCUT2D eigenvalue weighted by Gasteiger charge is 2.34. The zero-order valence-corrected chi connectivity index (χ0v) is 10.2. The minimum Gasteiger partial charge on any atom is -0.327 e. The van der Waals surface area contributed by atoms with Crippen LogP contribution in [0.2, 0.25) is 0 Å². The molecule has 2 aliphatic heterocycles. The number of likely N-dealkylation sites (N-methyl/N-ethyl adjacent to an activating group) is 1. The lowest BCUT2D eigenvalue weighted by molar-refractivity contribution is -0.878. The molecular weight excluding hydrogens is 172 g/mol. The molecule has 0 radical (unpaired) electrons. The van der Waals surface area contributed by atoms with Gasteiger partial charge in [-0.15, -0.1) is 0 Å². The molecule has 0 aromatic heterocycles. The van der Waals surface area contributed by atoms with Crippen molar-refractivity contribution in [1.29, 1.82) is 0 Å². The molecule has 82 valence electrons. The molecule has 1 atom stereocenters. The fraction of sp³-hybridized carbons (Fsp3) is 0.833. The minimum atomic E-state index is 0.843. The summed E-state index contributed by atoms with van der Waals surface area (Å²) in [7, 11) is 4.67. The van der Waals surface area contributed by atoms with Gasteiger partial charge in [0.25, 0.3) is 0 Å². The predicted octanol–water partition coefficient (Wildman–Crippen LogP) is 1.73. The summed E-state index contributed by atoms with van der Waals surface area (Å²) in [6, 6.07) is 0.843. The van der Waals surface area contributed by atoms with Gasteiger partial charge in [-0.2, -0.15) is 0 Å². The maximum absolute atomic E-state index is 2.59. The molecule has 0 aliphatic carbocycles. The summed E-state index contributed by atoms with van der Waals surface area (Å²) in [5, 5.41) is 0. The van der Waals surface area contributed by atoms with Gasteiger partial charge in [0, 0.05) is 19.5 Å². The molecule has 0 spiro atoms. The van der Waals surface area contributed by atoms with E-state index in [0.29, 0.717) is 0 Å². The number of quaternary nitrogens is 1. The van der Waals surface area contributed by atoms with Crippen LogP contribution in [-0.4, -0.2) is 55.7 Å². The van der Waals surface area contributed by atoms with Crippen LogP contribution in [0.15, 0.2) is 12.2 Å². The van der Waals surface area contributed by atoms with E-state index in [-0.39, 0.29) is 0 Å². The van der Waals surface area contributed by atoms with E-state index >= 15 is 0 Å². The summed E-state index contributed by atoms with van der Waals surface area (Å²) in [5.41, 5.74) is 0. The summed E-state index contributed by atoms with van der Waals surface area (Å²) in [5.74, 6) is 0. The Morgan fingerprint density at radius 3 is 2.14 bits per heavy atom. The van der Waals surface area contributed by atoms with E-state index in [4.69, 9.17) is 0 Å². The first-order valence-corrected chi connectivity index (χ1v) is 5.88. The van der Waals surface area contributed by atoms with Crippen molar-refractivity contribution in [1.82, 2.24) is 4.90 Å². The Hall–Kier alpha value is -0.340. The zero-order valence-electron chi connectivity index (χ0n) is 10.2. The van der Waals surface area contributed by atoms with Crippen molar-refractivity contribution in [3.8, 4) is 0 Å². The molecule has 0 saturated carbocycles. The van der Waals surface area contributed by atoms with Crippen LogP contribution in [0.3, 0.4) is 0 Å². The number of hydrogen-bond acceptors (Lipinski definition) is 1. The molecule has 14 heavy (non-hydrogen) atoms. The average molecular weight is 197 g/mol. The Labute approximate surface area is 88.8 Å². The topological polar surface area (TPSA) is 3.24 Å². The van der Waals surface area contributed by atoms with Gasteiger partial charge in [0.1, 0.15) is 0 Å². The van der Waals surface area contributed by atoms with Gasteiger partial charge in [-0.25, -0.2) is 0 Å². The highest BCUT2D eigenvalue weighted by atomic mass is 15.4. The van der Waals surface area contributed by atoms with E-state index in [1.165, 1.54) is 37.1 Å². The molecule has 0 aromatic rings. The lowest BCUT2D eigenvalue weighted by Gasteiger charge is -2.26. The highest BCUT2D eigenvalue weighted by molar-refractivity contribution is 4.98. The Morgan fingerprint density at radius 2 is 1.71 bits per heavy atom. The van der Waals surface area contributed by atoms with Gasteiger partial charge in [-0.3, -0.25) is 4.90 Å². The summed E-state index contributed by atoms with van der Waals surface area (Å²) in [4.78, 5) is 2.59. The van der Waals surface area contributed by atoms with E-state index in [2.05, 4.69) is 31.1 Å². The molecule has 2 aliphatic rings. The molecule has 0 bridgehead atoms. The normalized spacial score (nSPS) is 30.1. The molecule has 0 amide bonds. The lowest BCUT2D eigenvalue weighted by Crippen LogP contribution is -2.41. The van der Waals surface area contributed by atoms with Crippen molar-refractivity contribution in [3.63, 3.8) is 0 Å². The molecule has 2 heteroatoms. The van der Waals surface area contributed by atoms with Crippen molar-refractivity contribution < 1.29 is 4.48 Å². The molecule has 1 fully saturated rings. The van der Waals surface area contributed by atoms with Crippen molar-refractivity contribution in [3.05, 3.63) is 12.2 Å². The molecule has 1 unspecified atom stereocenters. The summed E-state index contributed by atoms with van der Waals surface area (Å²) in [6.07, 6.45) is 5.96. The standard InChI is InChI=1S/C10H19N2.C2H6/c1-12(2)8-5-10(9-12)11-6-3-4-7-11;1-2/h3-4,10H,5-9H2,1-2H3;1-2H3/q+1;. The monoisotopic (exact) mass is 197 g/mol. The van der Waals surface area contributed by atoms with E-state index in [1.807, 2.05) is 13.8 Å². The molecule has 2 nitrogen and oxygen atoms in total. The molecule has 2 rings (SSSR count). The first kappa shape index (κ1) is 11.7. The van der Waals surface area contributed by atoms with Gasteiger partial charge in [0.2, 0.25) is 0 Å². The van der Waals surface area contributed by atoms with E-state index in [9.17, 15) is 0 Å².